The molecule has 0 unspecified atom stereocenters. The second-order valence-electron chi connectivity index (χ2n) is 8.79. The summed E-state index contributed by atoms with van der Waals surface area (Å²) in [7, 11) is 0. The van der Waals surface area contributed by atoms with Crippen molar-refractivity contribution in [2.75, 3.05) is 13.2 Å². The van der Waals surface area contributed by atoms with Gasteiger partial charge in [0.2, 0.25) is 0 Å². The van der Waals surface area contributed by atoms with E-state index in [1.807, 2.05) is 31.2 Å². The minimum atomic E-state index is -0.607. The quantitative estimate of drug-likeness (QED) is 0.561. The molecular weight excluding hydrogens is 410 g/mol. The van der Waals surface area contributed by atoms with Crippen molar-refractivity contribution < 1.29 is 9.84 Å². The summed E-state index contributed by atoms with van der Waals surface area (Å²) in [5, 5.41) is 11.4. The maximum Gasteiger partial charge on any atom is 0.259 e. The Bertz CT molecular complexity index is 1130. The van der Waals surface area contributed by atoms with E-state index in [9.17, 15) is 9.90 Å². The highest BCUT2D eigenvalue weighted by atomic mass is 32.1. The highest BCUT2D eigenvalue weighted by Gasteiger charge is 2.31. The van der Waals surface area contributed by atoms with Crippen LogP contribution in [0.2, 0.25) is 0 Å². The van der Waals surface area contributed by atoms with E-state index in [1.165, 1.54) is 16.9 Å². The molecule has 1 aromatic carbocycles. The molecule has 3 aromatic rings. The van der Waals surface area contributed by atoms with Crippen molar-refractivity contribution in [3.8, 4) is 5.75 Å². The monoisotopic (exact) mass is 439 g/mol. The number of aliphatic hydroxyl groups is 1. The Morgan fingerprint density at radius 2 is 2.10 bits per heavy atom. The van der Waals surface area contributed by atoms with Gasteiger partial charge in [-0.15, -0.1) is 11.3 Å². The van der Waals surface area contributed by atoms with Gasteiger partial charge in [-0.3, -0.25) is 9.69 Å². The lowest BCUT2D eigenvalue weighted by atomic mass is 9.97. The van der Waals surface area contributed by atoms with E-state index in [4.69, 9.17) is 9.72 Å². The molecule has 0 bridgehead atoms. The maximum atomic E-state index is 12.8. The number of fused-ring (bicyclic) bond motifs is 3. The first kappa shape index (κ1) is 20.7. The first-order valence-electron chi connectivity index (χ1n) is 11.2. The molecule has 164 valence electrons. The maximum absolute atomic E-state index is 12.8. The molecule has 0 spiro atoms. The Kier molecular flexibility index (Phi) is 5.82. The van der Waals surface area contributed by atoms with Crippen LogP contribution >= 0.6 is 11.3 Å². The first-order chi connectivity index (χ1) is 15.1. The van der Waals surface area contributed by atoms with Gasteiger partial charge in [-0.05, 0) is 62.6 Å². The van der Waals surface area contributed by atoms with Gasteiger partial charge in [0.05, 0.1) is 11.9 Å². The average Bonchev–Trinajstić information content (AvgIpc) is 3.53. The standard InChI is InChI=1S/C24H29N3O3S/c1-15-6-2-4-8-19(15)30-14-17(28)12-27(16-10-11-16)13-21-25-23(29)22-18-7-3-5-9-20(18)31-24(22)26-21/h2,4,6,8,16-17,28H,3,5,7,9-14H2,1H3,(H,25,26,29)/t17-/m1/s1. The van der Waals surface area contributed by atoms with Crippen molar-refractivity contribution >= 4 is 21.6 Å². The number of nitrogens with one attached hydrogen (secondary N) is 1. The van der Waals surface area contributed by atoms with Gasteiger partial charge in [0.15, 0.2) is 0 Å². The van der Waals surface area contributed by atoms with Crippen LogP contribution in [-0.4, -0.2) is 45.3 Å². The molecule has 2 aliphatic rings. The molecule has 0 radical (unpaired) electrons. The molecule has 5 rings (SSSR count). The fourth-order valence-corrected chi connectivity index (χ4v) is 5.77. The number of nitrogens with zero attached hydrogens (tertiary/aromatic N) is 2. The van der Waals surface area contributed by atoms with E-state index in [0.717, 1.165) is 53.6 Å². The van der Waals surface area contributed by atoms with Crippen molar-refractivity contribution in [3.63, 3.8) is 0 Å². The Morgan fingerprint density at radius 3 is 2.90 bits per heavy atom. The number of H-pyrrole nitrogens is 1. The summed E-state index contributed by atoms with van der Waals surface area (Å²) in [6.07, 6.45) is 6.02. The fourth-order valence-electron chi connectivity index (χ4n) is 4.49. The van der Waals surface area contributed by atoms with Crippen LogP contribution in [0.4, 0.5) is 0 Å². The van der Waals surface area contributed by atoms with E-state index < -0.39 is 6.10 Å². The molecule has 1 atom stereocenters. The molecule has 2 aliphatic carbocycles. The second-order valence-corrected chi connectivity index (χ2v) is 9.88. The molecular formula is C24H29N3O3S. The van der Waals surface area contributed by atoms with Gasteiger partial charge in [-0.1, -0.05) is 18.2 Å². The van der Waals surface area contributed by atoms with E-state index in [0.29, 0.717) is 25.0 Å². The van der Waals surface area contributed by atoms with Gasteiger partial charge in [0.1, 0.15) is 29.1 Å². The summed E-state index contributed by atoms with van der Waals surface area (Å²) in [5.74, 6) is 1.49. The van der Waals surface area contributed by atoms with Crippen LogP contribution < -0.4 is 10.3 Å². The molecule has 0 saturated heterocycles. The van der Waals surface area contributed by atoms with E-state index in [1.54, 1.807) is 11.3 Å². The number of aliphatic hydroxyl groups excluding tert-OH is 1. The van der Waals surface area contributed by atoms with Gasteiger partial charge in [0, 0.05) is 17.5 Å². The minimum absolute atomic E-state index is 0.0152. The lowest BCUT2D eigenvalue weighted by molar-refractivity contribution is 0.0615. The summed E-state index contributed by atoms with van der Waals surface area (Å²) in [6, 6.07) is 8.27. The molecule has 2 aromatic heterocycles. The van der Waals surface area contributed by atoms with Gasteiger partial charge in [-0.2, -0.15) is 0 Å². The third-order valence-corrected chi connectivity index (χ3v) is 7.45. The highest BCUT2D eigenvalue weighted by Crippen LogP contribution is 2.34. The summed E-state index contributed by atoms with van der Waals surface area (Å²) < 4.78 is 5.82. The average molecular weight is 440 g/mol. The lowest BCUT2D eigenvalue weighted by Crippen LogP contribution is -2.37. The van der Waals surface area contributed by atoms with E-state index in [2.05, 4.69) is 9.88 Å². The number of rotatable bonds is 8. The molecule has 31 heavy (non-hydrogen) atoms. The Balaban J connectivity index is 1.28. The third-order valence-electron chi connectivity index (χ3n) is 6.26. The van der Waals surface area contributed by atoms with Crippen molar-refractivity contribution in [3.05, 3.63) is 56.4 Å². The Morgan fingerprint density at radius 1 is 1.29 bits per heavy atom. The smallest absolute Gasteiger partial charge is 0.259 e. The molecule has 2 heterocycles. The largest absolute Gasteiger partial charge is 0.491 e. The van der Waals surface area contributed by atoms with Crippen molar-refractivity contribution in [1.29, 1.82) is 0 Å². The zero-order chi connectivity index (χ0) is 21.4. The number of aromatic amines is 1. The van der Waals surface area contributed by atoms with Gasteiger partial charge < -0.3 is 14.8 Å². The van der Waals surface area contributed by atoms with Gasteiger partial charge >= 0.3 is 0 Å². The van der Waals surface area contributed by atoms with Crippen molar-refractivity contribution in [2.45, 2.75) is 64.1 Å². The topological polar surface area (TPSA) is 78.5 Å². The summed E-state index contributed by atoms with van der Waals surface area (Å²) in [5.41, 5.74) is 2.26. The van der Waals surface area contributed by atoms with Crippen LogP contribution in [0.3, 0.4) is 0 Å². The fraction of sp³-hybridized carbons (Fsp3) is 0.500. The predicted octanol–water partition coefficient (Wildman–Crippen LogP) is 3.58. The third kappa shape index (κ3) is 4.54. The lowest BCUT2D eigenvalue weighted by Gasteiger charge is -2.24. The van der Waals surface area contributed by atoms with Crippen LogP contribution in [0.5, 0.6) is 5.75 Å². The first-order valence-corrected chi connectivity index (χ1v) is 12.0. The van der Waals surface area contributed by atoms with Crippen molar-refractivity contribution in [2.24, 2.45) is 0 Å². The Labute approximate surface area is 185 Å². The number of thiophene rings is 1. The van der Waals surface area contributed by atoms with Crippen molar-refractivity contribution in [1.82, 2.24) is 14.9 Å². The van der Waals surface area contributed by atoms with Gasteiger partial charge in [0.25, 0.3) is 5.56 Å². The normalized spacial score (nSPS) is 17.1. The second kappa shape index (κ2) is 8.73. The van der Waals surface area contributed by atoms with E-state index in [-0.39, 0.29) is 12.2 Å². The number of ether oxygens (including phenoxy) is 1. The highest BCUT2D eigenvalue weighted by molar-refractivity contribution is 7.18. The molecule has 1 fully saturated rings. The zero-order valence-electron chi connectivity index (χ0n) is 17.9. The minimum Gasteiger partial charge on any atom is -0.491 e. The summed E-state index contributed by atoms with van der Waals surface area (Å²) >= 11 is 1.68. The number of hydrogen-bond donors (Lipinski definition) is 2. The van der Waals surface area contributed by atoms with Crippen LogP contribution in [0, 0.1) is 6.92 Å². The number of hydrogen-bond acceptors (Lipinski definition) is 6. The number of aromatic nitrogens is 2. The van der Waals surface area contributed by atoms with Crippen LogP contribution in [0.25, 0.3) is 10.2 Å². The molecule has 2 N–H and O–H groups in total. The number of para-hydroxylation sites is 1. The summed E-state index contributed by atoms with van der Waals surface area (Å²) in [4.78, 5) is 25.1. The zero-order valence-corrected chi connectivity index (χ0v) is 18.7. The SMILES string of the molecule is Cc1ccccc1OC[C@H](O)CN(Cc1nc2sc3c(c2c(=O)[nH]1)CCCC3)C1CC1. The molecule has 7 heteroatoms. The van der Waals surface area contributed by atoms with E-state index >= 15 is 0 Å². The number of aryl methyl sites for hydroxylation is 3. The van der Waals surface area contributed by atoms with Gasteiger partial charge in [-0.25, -0.2) is 4.98 Å². The molecule has 0 amide bonds. The predicted molar refractivity (Wildman–Crippen MR) is 123 cm³/mol. The van der Waals surface area contributed by atoms with Crippen LogP contribution in [-0.2, 0) is 19.4 Å². The van der Waals surface area contributed by atoms with Crippen LogP contribution in [0.15, 0.2) is 29.1 Å². The van der Waals surface area contributed by atoms with Crippen LogP contribution in [0.1, 0.15) is 47.5 Å². The molecule has 0 aliphatic heterocycles. The molecule has 6 nitrogen and oxygen atoms in total. The molecule has 1 saturated carbocycles. The number of benzene rings is 1. The Hall–Kier alpha value is -2.22. The summed E-state index contributed by atoms with van der Waals surface area (Å²) in [6.45, 7) is 3.28.